The van der Waals surface area contributed by atoms with Crippen molar-refractivity contribution in [2.45, 2.75) is 25.9 Å². The van der Waals surface area contributed by atoms with Gasteiger partial charge in [-0.15, -0.1) is 0 Å². The van der Waals surface area contributed by atoms with E-state index in [0.717, 1.165) is 12.8 Å². The summed E-state index contributed by atoms with van der Waals surface area (Å²) < 4.78 is 0. The predicted molar refractivity (Wildman–Crippen MR) is 42.7 cm³/mol. The topological polar surface area (TPSA) is 20.2 Å². The van der Waals surface area contributed by atoms with Crippen LogP contribution in [0.25, 0.3) is 0 Å². The van der Waals surface area contributed by atoms with Crippen LogP contribution in [0.15, 0.2) is 24.3 Å². The van der Waals surface area contributed by atoms with E-state index < -0.39 is 0 Å². The molecular weight excluding hydrogens is 124 g/mol. The van der Waals surface area contributed by atoms with E-state index in [-0.39, 0.29) is 6.10 Å². The Kier molecular flexibility index (Phi) is 2.69. The van der Waals surface area contributed by atoms with Crippen LogP contribution in [-0.4, -0.2) is 11.2 Å². The lowest BCUT2D eigenvalue weighted by Gasteiger charge is -2.06. The maximum absolute atomic E-state index is 8.96. The van der Waals surface area contributed by atoms with Gasteiger partial charge in [0.25, 0.3) is 0 Å². The highest BCUT2D eigenvalue weighted by atomic mass is 16.3. The summed E-state index contributed by atoms with van der Waals surface area (Å²) in [5.41, 5.74) is 0. The van der Waals surface area contributed by atoms with Crippen LogP contribution in [0, 0.1) is 5.92 Å². The fourth-order valence-corrected chi connectivity index (χ4v) is 1.10. The molecule has 1 atom stereocenters. The average Bonchev–Trinajstić information content (AvgIpc) is 2.34. The Morgan fingerprint density at radius 3 is 2.50 bits per heavy atom. The van der Waals surface area contributed by atoms with E-state index in [1.807, 2.05) is 6.92 Å². The van der Waals surface area contributed by atoms with Crippen LogP contribution in [0.3, 0.4) is 0 Å². The van der Waals surface area contributed by atoms with Gasteiger partial charge in [0.1, 0.15) is 0 Å². The number of hydrogen-bond acceptors (Lipinski definition) is 1. The average molecular weight is 138 g/mol. The summed E-state index contributed by atoms with van der Waals surface area (Å²) in [5, 5.41) is 8.96. The first-order chi connectivity index (χ1) is 4.79. The fourth-order valence-electron chi connectivity index (χ4n) is 1.10. The molecule has 0 saturated heterocycles. The summed E-state index contributed by atoms with van der Waals surface area (Å²) >= 11 is 0. The van der Waals surface area contributed by atoms with E-state index in [4.69, 9.17) is 5.11 Å². The zero-order valence-corrected chi connectivity index (χ0v) is 6.33. The molecule has 1 nitrogen and oxygen atoms in total. The Labute approximate surface area is 62.1 Å². The summed E-state index contributed by atoms with van der Waals surface area (Å²) in [6, 6.07) is 0. The van der Waals surface area contributed by atoms with Crippen LogP contribution in [0.2, 0.25) is 0 Å². The van der Waals surface area contributed by atoms with Crippen LogP contribution >= 0.6 is 0 Å². The Balaban J connectivity index is 2.14. The molecule has 1 heteroatoms. The third-order valence-corrected chi connectivity index (χ3v) is 1.75. The van der Waals surface area contributed by atoms with Gasteiger partial charge in [0, 0.05) is 0 Å². The molecule has 10 heavy (non-hydrogen) atoms. The Hall–Kier alpha value is -0.560. The van der Waals surface area contributed by atoms with Crippen molar-refractivity contribution in [2.24, 2.45) is 5.92 Å². The van der Waals surface area contributed by atoms with Crippen molar-refractivity contribution >= 4 is 0 Å². The molecule has 0 aromatic heterocycles. The van der Waals surface area contributed by atoms with E-state index in [1.54, 1.807) is 0 Å². The molecule has 1 rings (SSSR count). The second-order valence-electron chi connectivity index (χ2n) is 2.86. The molecule has 0 amide bonds. The minimum atomic E-state index is -0.151. The van der Waals surface area contributed by atoms with Crippen molar-refractivity contribution in [3.8, 4) is 0 Å². The number of aliphatic hydroxyl groups excluding tert-OH is 1. The monoisotopic (exact) mass is 138 g/mol. The van der Waals surface area contributed by atoms with Crippen LogP contribution < -0.4 is 0 Å². The van der Waals surface area contributed by atoms with Crippen molar-refractivity contribution in [2.75, 3.05) is 0 Å². The second kappa shape index (κ2) is 3.57. The van der Waals surface area contributed by atoms with Gasteiger partial charge in [-0.3, -0.25) is 0 Å². The first-order valence-corrected chi connectivity index (χ1v) is 3.82. The van der Waals surface area contributed by atoms with E-state index in [0.29, 0.717) is 5.92 Å². The Morgan fingerprint density at radius 1 is 1.40 bits per heavy atom. The lowest BCUT2D eigenvalue weighted by atomic mass is 10.0. The molecule has 56 valence electrons. The third kappa shape index (κ3) is 2.36. The molecule has 0 spiro atoms. The Bertz CT molecular complexity index is 133. The SMILES string of the molecule is CC(O)CCC1C=CC=C1. The highest BCUT2D eigenvalue weighted by Crippen LogP contribution is 2.15. The molecule has 0 bridgehead atoms. The van der Waals surface area contributed by atoms with Gasteiger partial charge in [-0.25, -0.2) is 0 Å². The maximum atomic E-state index is 8.96. The first-order valence-electron chi connectivity index (χ1n) is 3.82. The summed E-state index contributed by atoms with van der Waals surface area (Å²) in [6.07, 6.45) is 10.3. The molecule has 1 aliphatic carbocycles. The predicted octanol–water partition coefficient (Wildman–Crippen LogP) is 1.89. The third-order valence-electron chi connectivity index (χ3n) is 1.75. The summed E-state index contributed by atoms with van der Waals surface area (Å²) in [4.78, 5) is 0. The highest BCUT2D eigenvalue weighted by Gasteiger charge is 2.04. The second-order valence-corrected chi connectivity index (χ2v) is 2.86. The minimum Gasteiger partial charge on any atom is -0.393 e. The lowest BCUT2D eigenvalue weighted by molar-refractivity contribution is 0.179. The lowest BCUT2D eigenvalue weighted by Crippen LogP contribution is -2.01. The zero-order valence-electron chi connectivity index (χ0n) is 6.33. The van der Waals surface area contributed by atoms with Crippen molar-refractivity contribution < 1.29 is 5.11 Å². The Morgan fingerprint density at radius 2 is 2.00 bits per heavy atom. The molecule has 1 unspecified atom stereocenters. The quantitative estimate of drug-likeness (QED) is 0.631. The van der Waals surface area contributed by atoms with Gasteiger partial charge >= 0.3 is 0 Å². The van der Waals surface area contributed by atoms with Gasteiger partial charge in [0.05, 0.1) is 6.10 Å². The molecule has 0 fully saturated rings. The van der Waals surface area contributed by atoms with Crippen molar-refractivity contribution in [1.29, 1.82) is 0 Å². The number of hydrogen-bond donors (Lipinski definition) is 1. The van der Waals surface area contributed by atoms with Crippen LogP contribution in [0.1, 0.15) is 19.8 Å². The normalized spacial score (nSPS) is 20.2. The van der Waals surface area contributed by atoms with Crippen LogP contribution in [-0.2, 0) is 0 Å². The summed E-state index contributed by atoms with van der Waals surface area (Å²) in [5.74, 6) is 0.578. The fraction of sp³-hybridized carbons (Fsp3) is 0.556. The molecule has 0 aliphatic heterocycles. The number of aliphatic hydroxyl groups is 1. The van der Waals surface area contributed by atoms with Gasteiger partial charge < -0.3 is 5.11 Å². The van der Waals surface area contributed by atoms with Gasteiger partial charge in [0.15, 0.2) is 0 Å². The zero-order chi connectivity index (χ0) is 7.40. The van der Waals surface area contributed by atoms with Crippen molar-refractivity contribution in [1.82, 2.24) is 0 Å². The highest BCUT2D eigenvalue weighted by molar-refractivity contribution is 5.17. The number of rotatable bonds is 3. The van der Waals surface area contributed by atoms with E-state index >= 15 is 0 Å². The van der Waals surface area contributed by atoms with Gasteiger partial charge in [-0.05, 0) is 25.7 Å². The molecular formula is C9H14O. The molecule has 0 heterocycles. The maximum Gasteiger partial charge on any atom is 0.0512 e. The summed E-state index contributed by atoms with van der Waals surface area (Å²) in [6.45, 7) is 1.84. The first kappa shape index (κ1) is 7.55. The van der Waals surface area contributed by atoms with Crippen LogP contribution in [0.4, 0.5) is 0 Å². The molecule has 0 saturated carbocycles. The van der Waals surface area contributed by atoms with Crippen molar-refractivity contribution in [3.05, 3.63) is 24.3 Å². The molecule has 0 aromatic rings. The standard InChI is InChI=1S/C9H14O/c1-8(10)6-7-9-4-2-3-5-9/h2-5,8-10H,6-7H2,1H3. The van der Waals surface area contributed by atoms with Gasteiger partial charge in [-0.1, -0.05) is 24.3 Å². The minimum absolute atomic E-state index is 0.151. The smallest absolute Gasteiger partial charge is 0.0512 e. The molecule has 1 aliphatic rings. The molecule has 0 aromatic carbocycles. The number of allylic oxidation sites excluding steroid dienone is 4. The van der Waals surface area contributed by atoms with E-state index in [9.17, 15) is 0 Å². The van der Waals surface area contributed by atoms with E-state index in [1.165, 1.54) is 0 Å². The van der Waals surface area contributed by atoms with Crippen LogP contribution in [0.5, 0.6) is 0 Å². The molecule has 0 radical (unpaired) electrons. The van der Waals surface area contributed by atoms with Crippen molar-refractivity contribution in [3.63, 3.8) is 0 Å². The van der Waals surface area contributed by atoms with Gasteiger partial charge in [0.2, 0.25) is 0 Å². The van der Waals surface area contributed by atoms with E-state index in [2.05, 4.69) is 24.3 Å². The largest absolute Gasteiger partial charge is 0.393 e. The summed E-state index contributed by atoms with van der Waals surface area (Å²) in [7, 11) is 0. The molecule has 1 N–H and O–H groups in total. The van der Waals surface area contributed by atoms with Gasteiger partial charge in [-0.2, -0.15) is 0 Å².